The van der Waals surface area contributed by atoms with Gasteiger partial charge in [0.15, 0.2) is 0 Å². The van der Waals surface area contributed by atoms with Crippen LogP contribution < -0.4 is 10.1 Å². The zero-order valence-corrected chi connectivity index (χ0v) is 13.1. The van der Waals surface area contributed by atoms with Crippen LogP contribution in [0.1, 0.15) is 45.3 Å². The first-order valence-corrected chi connectivity index (χ1v) is 7.87. The Balaban J connectivity index is 1.83. The van der Waals surface area contributed by atoms with E-state index in [2.05, 4.69) is 31.3 Å². The molecular formula is C17H24N2O2. The second-order valence-corrected chi connectivity index (χ2v) is 6.48. The van der Waals surface area contributed by atoms with E-state index in [9.17, 15) is 4.79 Å². The number of carbonyl (C=O) groups excluding carboxylic acids is 1. The molecule has 114 valence electrons. The van der Waals surface area contributed by atoms with E-state index in [1.54, 1.807) is 0 Å². The molecule has 1 aromatic carbocycles. The number of hydrogen-bond acceptors (Lipinski definition) is 3. The van der Waals surface area contributed by atoms with E-state index in [0.717, 1.165) is 30.7 Å². The van der Waals surface area contributed by atoms with E-state index in [1.807, 2.05) is 24.0 Å². The number of hydrogen-bond donors (Lipinski definition) is 1. The second-order valence-electron chi connectivity index (χ2n) is 6.48. The van der Waals surface area contributed by atoms with Gasteiger partial charge in [-0.25, -0.2) is 0 Å². The van der Waals surface area contributed by atoms with Gasteiger partial charge in [0, 0.05) is 6.54 Å². The zero-order valence-electron chi connectivity index (χ0n) is 13.1. The minimum Gasteiger partial charge on any atom is -0.494 e. The van der Waals surface area contributed by atoms with Gasteiger partial charge in [0.2, 0.25) is 5.91 Å². The summed E-state index contributed by atoms with van der Waals surface area (Å²) < 4.78 is 5.49. The predicted molar refractivity (Wildman–Crippen MR) is 82.0 cm³/mol. The molecule has 1 amide bonds. The fraction of sp³-hybridized carbons (Fsp3) is 0.588. The van der Waals surface area contributed by atoms with Gasteiger partial charge in [-0.05, 0) is 43.4 Å². The van der Waals surface area contributed by atoms with Crippen LogP contribution in [-0.4, -0.2) is 29.5 Å². The number of amides is 1. The average molecular weight is 288 g/mol. The average Bonchev–Trinajstić information content (AvgIpc) is 3.19. The maximum atomic E-state index is 12.6. The van der Waals surface area contributed by atoms with Gasteiger partial charge in [-0.3, -0.25) is 10.1 Å². The van der Waals surface area contributed by atoms with Crippen LogP contribution in [0.3, 0.4) is 0 Å². The van der Waals surface area contributed by atoms with Gasteiger partial charge >= 0.3 is 0 Å². The van der Waals surface area contributed by atoms with Gasteiger partial charge in [-0.2, -0.15) is 0 Å². The first-order valence-electron chi connectivity index (χ1n) is 7.87. The van der Waals surface area contributed by atoms with Crippen LogP contribution in [0.2, 0.25) is 0 Å². The van der Waals surface area contributed by atoms with Crippen LogP contribution in [0.25, 0.3) is 0 Å². The lowest BCUT2D eigenvalue weighted by Gasteiger charge is -2.26. The highest BCUT2D eigenvalue weighted by Gasteiger charge is 2.59. The lowest BCUT2D eigenvalue weighted by molar-refractivity contribution is -0.131. The summed E-state index contributed by atoms with van der Waals surface area (Å²) in [4.78, 5) is 14.6. The molecule has 0 radical (unpaired) electrons. The van der Waals surface area contributed by atoms with Crippen LogP contribution in [0.15, 0.2) is 24.3 Å². The molecule has 1 saturated carbocycles. The standard InChI is InChI=1S/C17H24N2O2/c1-4-21-14-7-5-13(6-8-14)15-18-17(9-10-17)16(20)19(15)11-12(2)3/h5-8,12,15,18H,4,9-11H2,1-3H3. The van der Waals surface area contributed by atoms with Gasteiger partial charge in [-0.1, -0.05) is 26.0 Å². The van der Waals surface area contributed by atoms with Crippen molar-refractivity contribution >= 4 is 5.91 Å². The molecule has 1 saturated heterocycles. The molecule has 2 aliphatic rings. The van der Waals surface area contributed by atoms with Crippen molar-refractivity contribution < 1.29 is 9.53 Å². The second kappa shape index (κ2) is 5.34. The third kappa shape index (κ3) is 2.64. The molecule has 4 nitrogen and oxygen atoms in total. The Morgan fingerprint density at radius 1 is 1.33 bits per heavy atom. The van der Waals surface area contributed by atoms with Crippen molar-refractivity contribution in [1.29, 1.82) is 0 Å². The van der Waals surface area contributed by atoms with E-state index in [1.165, 1.54) is 0 Å². The minimum absolute atomic E-state index is 0.00178. The third-order valence-electron chi connectivity index (χ3n) is 4.21. The Morgan fingerprint density at radius 3 is 2.52 bits per heavy atom. The first-order chi connectivity index (χ1) is 10.1. The topological polar surface area (TPSA) is 41.6 Å². The molecule has 1 N–H and O–H groups in total. The highest BCUT2D eigenvalue weighted by Crippen LogP contribution is 2.46. The quantitative estimate of drug-likeness (QED) is 0.906. The molecule has 21 heavy (non-hydrogen) atoms. The molecule has 0 aromatic heterocycles. The van der Waals surface area contributed by atoms with Gasteiger partial charge < -0.3 is 9.64 Å². The number of rotatable bonds is 5. The van der Waals surface area contributed by atoms with E-state index in [0.29, 0.717) is 12.5 Å². The highest BCUT2D eigenvalue weighted by molar-refractivity contribution is 5.92. The lowest BCUT2D eigenvalue weighted by atomic mass is 10.1. The van der Waals surface area contributed by atoms with Gasteiger partial charge in [0.25, 0.3) is 0 Å². The summed E-state index contributed by atoms with van der Waals surface area (Å²) in [6, 6.07) is 8.09. The SMILES string of the molecule is CCOc1ccc(C2NC3(CC3)C(=O)N2CC(C)C)cc1. The largest absolute Gasteiger partial charge is 0.494 e. The van der Waals surface area contributed by atoms with Crippen LogP contribution in [-0.2, 0) is 4.79 Å². The van der Waals surface area contributed by atoms with E-state index in [-0.39, 0.29) is 17.6 Å². The molecule has 1 spiro atoms. The molecule has 1 aliphatic carbocycles. The maximum absolute atomic E-state index is 12.6. The first kappa shape index (κ1) is 14.4. The zero-order chi connectivity index (χ0) is 15.0. The smallest absolute Gasteiger partial charge is 0.244 e. The summed E-state index contributed by atoms with van der Waals surface area (Å²) in [6.45, 7) is 7.75. The molecular weight excluding hydrogens is 264 g/mol. The number of carbonyl (C=O) groups is 1. The van der Waals surface area contributed by atoms with Crippen molar-refractivity contribution in [3.8, 4) is 5.75 Å². The summed E-state index contributed by atoms with van der Waals surface area (Å²) in [6.07, 6.45) is 1.93. The van der Waals surface area contributed by atoms with Crippen molar-refractivity contribution in [2.24, 2.45) is 5.92 Å². The number of nitrogens with zero attached hydrogens (tertiary/aromatic N) is 1. The molecule has 1 atom stereocenters. The molecule has 1 aromatic rings. The van der Waals surface area contributed by atoms with E-state index < -0.39 is 0 Å². The molecule has 2 fully saturated rings. The number of nitrogens with one attached hydrogen (secondary N) is 1. The summed E-state index contributed by atoms with van der Waals surface area (Å²) in [7, 11) is 0. The molecule has 1 unspecified atom stereocenters. The molecule has 4 heteroatoms. The fourth-order valence-electron chi connectivity index (χ4n) is 3.03. The lowest BCUT2D eigenvalue weighted by Crippen LogP contribution is -2.34. The van der Waals surface area contributed by atoms with E-state index >= 15 is 0 Å². The van der Waals surface area contributed by atoms with Crippen LogP contribution in [0.4, 0.5) is 0 Å². The Hall–Kier alpha value is -1.55. The molecule has 0 bridgehead atoms. The molecule has 1 aliphatic heterocycles. The monoisotopic (exact) mass is 288 g/mol. The van der Waals surface area contributed by atoms with Crippen LogP contribution in [0, 0.1) is 5.92 Å². The molecule has 1 heterocycles. The van der Waals surface area contributed by atoms with Crippen molar-refractivity contribution in [3.63, 3.8) is 0 Å². The third-order valence-corrected chi connectivity index (χ3v) is 4.21. The summed E-state index contributed by atoms with van der Waals surface area (Å²) >= 11 is 0. The maximum Gasteiger partial charge on any atom is 0.244 e. The Labute approximate surface area is 126 Å². The van der Waals surface area contributed by atoms with Crippen molar-refractivity contribution in [1.82, 2.24) is 10.2 Å². The van der Waals surface area contributed by atoms with Gasteiger partial charge in [0.05, 0.1) is 6.61 Å². The Morgan fingerprint density at radius 2 is 2.00 bits per heavy atom. The van der Waals surface area contributed by atoms with E-state index in [4.69, 9.17) is 4.74 Å². The van der Waals surface area contributed by atoms with Crippen molar-refractivity contribution in [3.05, 3.63) is 29.8 Å². The Bertz CT molecular complexity index is 520. The highest BCUT2D eigenvalue weighted by atomic mass is 16.5. The van der Waals surface area contributed by atoms with Gasteiger partial charge in [0.1, 0.15) is 17.5 Å². The molecule has 3 rings (SSSR count). The minimum atomic E-state index is -0.266. The fourth-order valence-corrected chi connectivity index (χ4v) is 3.03. The summed E-state index contributed by atoms with van der Waals surface area (Å²) in [5, 5.41) is 3.55. The summed E-state index contributed by atoms with van der Waals surface area (Å²) in [5.74, 6) is 1.62. The number of ether oxygens (including phenoxy) is 1. The normalized spacial score (nSPS) is 23.1. The van der Waals surface area contributed by atoms with Crippen LogP contribution in [0.5, 0.6) is 5.75 Å². The van der Waals surface area contributed by atoms with Crippen LogP contribution >= 0.6 is 0 Å². The van der Waals surface area contributed by atoms with Crippen molar-refractivity contribution in [2.75, 3.05) is 13.2 Å². The number of benzene rings is 1. The van der Waals surface area contributed by atoms with Gasteiger partial charge in [-0.15, -0.1) is 0 Å². The predicted octanol–water partition coefficient (Wildman–Crippen LogP) is 2.70. The Kier molecular flexibility index (Phi) is 3.66. The summed E-state index contributed by atoms with van der Waals surface area (Å²) in [5.41, 5.74) is 0.870. The van der Waals surface area contributed by atoms with Crippen molar-refractivity contribution in [2.45, 2.75) is 45.3 Å².